The molecule has 4 aliphatic rings. The van der Waals surface area contributed by atoms with Gasteiger partial charge in [-0.2, -0.15) is 0 Å². The predicted octanol–water partition coefficient (Wildman–Crippen LogP) is 1.99. The minimum absolute atomic E-state index is 0.0312. The van der Waals surface area contributed by atoms with Crippen molar-refractivity contribution in [2.24, 2.45) is 23.2 Å². The Kier molecular flexibility index (Phi) is 4.48. The zero-order chi connectivity index (χ0) is 17.8. The Bertz CT molecular complexity index is 563. The monoisotopic (exact) mass is 348 g/mol. The maximum Gasteiger partial charge on any atom is 0.315 e. The molecule has 1 N–H and O–H groups in total. The van der Waals surface area contributed by atoms with Crippen molar-refractivity contribution in [1.29, 1.82) is 0 Å². The van der Waals surface area contributed by atoms with Gasteiger partial charge >= 0.3 is 5.97 Å². The molecule has 7 atom stereocenters. The summed E-state index contributed by atoms with van der Waals surface area (Å²) >= 11 is 0. The van der Waals surface area contributed by atoms with Crippen LogP contribution in [0.2, 0.25) is 0 Å². The number of hydrogen-bond acceptors (Lipinski definition) is 3. The third-order valence-corrected chi connectivity index (χ3v) is 7.21. The molecule has 0 aromatic carbocycles. The maximum atomic E-state index is 12.7. The number of fused-ring (bicyclic) bond motifs is 2. The fourth-order valence-electron chi connectivity index (χ4n) is 6.15. The second kappa shape index (κ2) is 6.38. The lowest BCUT2D eigenvalue weighted by Crippen LogP contribution is -3.16. The summed E-state index contributed by atoms with van der Waals surface area (Å²) < 4.78 is 11.8. The van der Waals surface area contributed by atoms with E-state index in [1.165, 1.54) is 24.2 Å². The fraction of sp³-hybridized carbons (Fsp3) is 0.857. The van der Waals surface area contributed by atoms with Crippen LogP contribution in [0.25, 0.3) is 0 Å². The average Bonchev–Trinajstić information content (AvgIpc) is 2.79. The van der Waals surface area contributed by atoms with Gasteiger partial charge in [0.25, 0.3) is 0 Å². The van der Waals surface area contributed by atoms with Gasteiger partial charge in [-0.25, -0.2) is 0 Å². The lowest BCUT2D eigenvalue weighted by atomic mass is 9.59. The molecule has 140 valence electrons. The third-order valence-electron chi connectivity index (χ3n) is 7.21. The Labute approximate surface area is 151 Å². The van der Waals surface area contributed by atoms with Gasteiger partial charge in [0.2, 0.25) is 0 Å². The summed E-state index contributed by atoms with van der Waals surface area (Å²) in [5, 5.41) is 0. The molecule has 25 heavy (non-hydrogen) atoms. The number of quaternary nitrogens is 1. The van der Waals surface area contributed by atoms with E-state index in [0.29, 0.717) is 5.92 Å². The van der Waals surface area contributed by atoms with Crippen LogP contribution in [0.1, 0.15) is 53.4 Å². The highest BCUT2D eigenvalue weighted by Crippen LogP contribution is 2.53. The Morgan fingerprint density at radius 3 is 2.68 bits per heavy atom. The standard InChI is InChI=1S/C21H33NO3/c1-13-6-5-7-21(4)9-19-16(8-18(13)21)17(20(23)25-19)12-22-10-14(2)24-15(3)11-22/h8,13-17,19H,5-7,9-12H2,1-4H3/p+1/t13-,14+,15+,16+,17-,19+,21+/m0/s1. The number of nitrogens with one attached hydrogen (secondary N) is 1. The summed E-state index contributed by atoms with van der Waals surface area (Å²) in [6, 6.07) is 0. The van der Waals surface area contributed by atoms with Gasteiger partial charge in [-0.3, -0.25) is 4.79 Å². The van der Waals surface area contributed by atoms with E-state index in [0.717, 1.165) is 26.1 Å². The molecule has 1 saturated carbocycles. The summed E-state index contributed by atoms with van der Waals surface area (Å²) in [7, 11) is 0. The minimum Gasteiger partial charge on any atom is -0.461 e. The molecule has 0 aromatic rings. The van der Waals surface area contributed by atoms with E-state index in [1.807, 2.05) is 0 Å². The van der Waals surface area contributed by atoms with Crippen molar-refractivity contribution < 1.29 is 19.2 Å². The summed E-state index contributed by atoms with van der Waals surface area (Å²) in [6.07, 6.45) is 8.00. The zero-order valence-electron chi connectivity index (χ0n) is 16.2. The van der Waals surface area contributed by atoms with Crippen LogP contribution >= 0.6 is 0 Å². The number of esters is 1. The Balaban J connectivity index is 1.55. The van der Waals surface area contributed by atoms with Gasteiger partial charge in [0.05, 0.1) is 6.54 Å². The lowest BCUT2D eigenvalue weighted by molar-refractivity contribution is -0.917. The molecule has 0 aromatic heterocycles. The zero-order valence-corrected chi connectivity index (χ0v) is 16.2. The topological polar surface area (TPSA) is 40.0 Å². The number of allylic oxidation sites excluding steroid dienone is 1. The summed E-state index contributed by atoms with van der Waals surface area (Å²) in [5.74, 6) is 1.02. The van der Waals surface area contributed by atoms with E-state index in [4.69, 9.17) is 9.47 Å². The summed E-state index contributed by atoms with van der Waals surface area (Å²) in [6.45, 7) is 11.9. The van der Waals surface area contributed by atoms with E-state index < -0.39 is 0 Å². The van der Waals surface area contributed by atoms with Crippen LogP contribution in [-0.2, 0) is 14.3 Å². The highest BCUT2D eigenvalue weighted by atomic mass is 16.6. The van der Waals surface area contributed by atoms with Gasteiger partial charge in [0.15, 0.2) is 0 Å². The van der Waals surface area contributed by atoms with Crippen LogP contribution in [0.4, 0.5) is 0 Å². The van der Waals surface area contributed by atoms with Crippen molar-refractivity contribution in [3.63, 3.8) is 0 Å². The Hall–Kier alpha value is -0.870. The molecule has 4 nitrogen and oxygen atoms in total. The SMILES string of the molecule is C[C@@H]1C[NH+](C[C@@H]2C(=O)O[C@@H]3C[C@@]4(C)CCC[C@H](C)C4=C[C@H]23)C[C@@H](C)O1. The maximum absolute atomic E-state index is 12.7. The number of ether oxygens (including phenoxy) is 2. The highest BCUT2D eigenvalue weighted by Gasteiger charge is 2.53. The number of carbonyl (C=O) groups excluding carboxylic acids is 1. The molecule has 0 spiro atoms. The normalized spacial score (nSPS) is 49.8. The quantitative estimate of drug-likeness (QED) is 0.613. The molecule has 0 unspecified atom stereocenters. The number of morpholine rings is 1. The average molecular weight is 349 g/mol. The van der Waals surface area contributed by atoms with Crippen LogP contribution in [0, 0.1) is 23.2 Å². The molecular formula is C21H34NO3+. The van der Waals surface area contributed by atoms with Gasteiger partial charge in [-0.05, 0) is 44.4 Å². The smallest absolute Gasteiger partial charge is 0.315 e. The lowest BCUT2D eigenvalue weighted by Gasteiger charge is -2.46. The molecule has 2 saturated heterocycles. The van der Waals surface area contributed by atoms with Gasteiger partial charge in [-0.15, -0.1) is 0 Å². The van der Waals surface area contributed by atoms with Gasteiger partial charge in [0.1, 0.15) is 37.3 Å². The van der Waals surface area contributed by atoms with E-state index in [2.05, 4.69) is 33.8 Å². The van der Waals surface area contributed by atoms with Crippen molar-refractivity contribution in [2.75, 3.05) is 19.6 Å². The molecule has 0 radical (unpaired) electrons. The largest absolute Gasteiger partial charge is 0.461 e. The molecule has 2 heterocycles. The van der Waals surface area contributed by atoms with E-state index in [-0.39, 0.29) is 41.5 Å². The molecular weight excluding hydrogens is 314 g/mol. The summed E-state index contributed by atoms with van der Waals surface area (Å²) in [5.41, 5.74) is 1.87. The van der Waals surface area contributed by atoms with Crippen LogP contribution in [-0.4, -0.2) is 43.9 Å². The van der Waals surface area contributed by atoms with E-state index in [1.54, 1.807) is 5.57 Å². The van der Waals surface area contributed by atoms with Crippen LogP contribution in [0.15, 0.2) is 11.6 Å². The van der Waals surface area contributed by atoms with Gasteiger partial charge in [-0.1, -0.05) is 31.9 Å². The number of carbonyl (C=O) groups is 1. The van der Waals surface area contributed by atoms with Gasteiger partial charge in [0, 0.05) is 5.92 Å². The first kappa shape index (κ1) is 17.5. The van der Waals surface area contributed by atoms with Gasteiger partial charge < -0.3 is 14.4 Å². The first-order valence-electron chi connectivity index (χ1n) is 10.3. The molecule has 2 aliphatic carbocycles. The highest BCUT2D eigenvalue weighted by molar-refractivity contribution is 5.76. The minimum atomic E-state index is 0.0312. The van der Waals surface area contributed by atoms with Crippen LogP contribution in [0.3, 0.4) is 0 Å². The Morgan fingerprint density at radius 1 is 1.24 bits per heavy atom. The molecule has 3 fully saturated rings. The number of rotatable bonds is 2. The molecule has 0 amide bonds. The Morgan fingerprint density at radius 2 is 1.96 bits per heavy atom. The molecule has 0 bridgehead atoms. The second-order valence-corrected chi connectivity index (χ2v) is 9.46. The molecule has 4 rings (SSSR count). The van der Waals surface area contributed by atoms with Crippen molar-refractivity contribution in [2.45, 2.75) is 71.7 Å². The predicted molar refractivity (Wildman–Crippen MR) is 96.3 cm³/mol. The second-order valence-electron chi connectivity index (χ2n) is 9.46. The molecule has 2 aliphatic heterocycles. The van der Waals surface area contributed by atoms with Crippen molar-refractivity contribution >= 4 is 5.97 Å². The van der Waals surface area contributed by atoms with E-state index in [9.17, 15) is 4.79 Å². The van der Waals surface area contributed by atoms with Crippen LogP contribution < -0.4 is 4.90 Å². The molecule has 4 heteroatoms. The van der Waals surface area contributed by atoms with Crippen molar-refractivity contribution in [1.82, 2.24) is 0 Å². The van der Waals surface area contributed by atoms with Crippen LogP contribution in [0.5, 0.6) is 0 Å². The first-order chi connectivity index (χ1) is 11.9. The van der Waals surface area contributed by atoms with Crippen molar-refractivity contribution in [3.8, 4) is 0 Å². The van der Waals surface area contributed by atoms with E-state index >= 15 is 0 Å². The third kappa shape index (κ3) is 3.16. The number of hydrogen-bond donors (Lipinski definition) is 1. The fourth-order valence-corrected chi connectivity index (χ4v) is 6.15. The summed E-state index contributed by atoms with van der Waals surface area (Å²) in [4.78, 5) is 14.2. The van der Waals surface area contributed by atoms with Crippen molar-refractivity contribution in [3.05, 3.63) is 11.6 Å². The first-order valence-corrected chi connectivity index (χ1v) is 10.3.